The minimum atomic E-state index is -0.831. The zero-order valence-electron chi connectivity index (χ0n) is 9.26. The van der Waals surface area contributed by atoms with Gasteiger partial charge in [0.05, 0.1) is 6.04 Å². The molecular weight excluding hydrogens is 208 g/mol. The molecule has 0 saturated carbocycles. The second-order valence-corrected chi connectivity index (χ2v) is 3.63. The molecule has 0 amide bonds. The molecule has 0 aliphatic heterocycles. The summed E-state index contributed by atoms with van der Waals surface area (Å²) in [5.41, 5.74) is 0.699. The highest BCUT2D eigenvalue weighted by Crippen LogP contribution is 2.10. The van der Waals surface area contributed by atoms with Crippen LogP contribution in [0.1, 0.15) is 18.9 Å². The first kappa shape index (κ1) is 12.7. The largest absolute Gasteiger partial charge is 0.303 e. The fourth-order valence-electron chi connectivity index (χ4n) is 1.41. The van der Waals surface area contributed by atoms with Gasteiger partial charge in [-0.05, 0) is 37.1 Å². The topological polar surface area (TPSA) is 12.0 Å². The molecule has 3 heteroatoms. The molecule has 1 unspecified atom stereocenters. The van der Waals surface area contributed by atoms with E-state index >= 15 is 0 Å². The van der Waals surface area contributed by atoms with Crippen LogP contribution in [0.4, 0.5) is 8.78 Å². The third kappa shape index (κ3) is 3.63. The van der Waals surface area contributed by atoms with Gasteiger partial charge in [0.25, 0.3) is 0 Å². The lowest BCUT2D eigenvalue weighted by molar-refractivity contribution is 0.505. The van der Waals surface area contributed by atoms with Crippen LogP contribution in [0.2, 0.25) is 0 Å². The molecule has 0 saturated heterocycles. The fraction of sp³-hybridized carbons (Fsp3) is 0.385. The number of terminal acetylenes is 1. The molecular formula is C13H15F2N. The van der Waals surface area contributed by atoms with Gasteiger partial charge in [0, 0.05) is 0 Å². The van der Waals surface area contributed by atoms with Crippen LogP contribution in [0.3, 0.4) is 0 Å². The molecule has 0 aliphatic rings. The summed E-state index contributed by atoms with van der Waals surface area (Å²) in [7, 11) is 0. The van der Waals surface area contributed by atoms with Gasteiger partial charge in [-0.25, -0.2) is 8.78 Å². The van der Waals surface area contributed by atoms with Gasteiger partial charge in [-0.3, -0.25) is 0 Å². The summed E-state index contributed by atoms with van der Waals surface area (Å²) >= 11 is 0. The molecule has 1 atom stereocenters. The Labute approximate surface area is 94.9 Å². The van der Waals surface area contributed by atoms with Crippen molar-refractivity contribution in [2.45, 2.75) is 25.8 Å². The first-order valence-corrected chi connectivity index (χ1v) is 5.30. The third-order valence-electron chi connectivity index (χ3n) is 2.27. The maximum absolute atomic E-state index is 12.9. The summed E-state index contributed by atoms with van der Waals surface area (Å²) in [6, 6.07) is 3.73. The first-order chi connectivity index (χ1) is 7.67. The van der Waals surface area contributed by atoms with Crippen LogP contribution >= 0.6 is 0 Å². The van der Waals surface area contributed by atoms with Crippen LogP contribution in [-0.2, 0) is 6.42 Å². The number of benzene rings is 1. The van der Waals surface area contributed by atoms with Crippen LogP contribution in [-0.4, -0.2) is 12.6 Å². The van der Waals surface area contributed by atoms with Crippen molar-refractivity contribution in [3.63, 3.8) is 0 Å². The van der Waals surface area contributed by atoms with Crippen molar-refractivity contribution in [2.24, 2.45) is 0 Å². The third-order valence-corrected chi connectivity index (χ3v) is 2.27. The highest BCUT2D eigenvalue weighted by molar-refractivity contribution is 5.21. The van der Waals surface area contributed by atoms with Crippen molar-refractivity contribution in [2.75, 3.05) is 6.54 Å². The SMILES string of the molecule is C#CC(Cc1ccc(F)c(F)c1)NCCC. The van der Waals surface area contributed by atoms with Crippen molar-refractivity contribution >= 4 is 0 Å². The lowest BCUT2D eigenvalue weighted by Crippen LogP contribution is -2.30. The van der Waals surface area contributed by atoms with Gasteiger partial charge >= 0.3 is 0 Å². The molecule has 0 radical (unpaired) electrons. The number of nitrogens with one attached hydrogen (secondary N) is 1. The van der Waals surface area contributed by atoms with E-state index in [0.717, 1.165) is 19.0 Å². The molecule has 1 nitrogen and oxygen atoms in total. The van der Waals surface area contributed by atoms with Crippen LogP contribution < -0.4 is 5.32 Å². The Morgan fingerprint density at radius 1 is 1.38 bits per heavy atom. The average molecular weight is 223 g/mol. The van der Waals surface area contributed by atoms with Crippen molar-refractivity contribution in [1.82, 2.24) is 5.32 Å². The van der Waals surface area contributed by atoms with Crippen molar-refractivity contribution < 1.29 is 8.78 Å². The number of hydrogen-bond acceptors (Lipinski definition) is 1. The molecule has 16 heavy (non-hydrogen) atoms. The summed E-state index contributed by atoms with van der Waals surface area (Å²) in [6.45, 7) is 2.86. The molecule has 0 aliphatic carbocycles. The van der Waals surface area contributed by atoms with E-state index in [1.165, 1.54) is 6.07 Å². The predicted molar refractivity (Wildman–Crippen MR) is 61.0 cm³/mol. The summed E-state index contributed by atoms with van der Waals surface area (Å²) in [6.07, 6.45) is 6.84. The monoisotopic (exact) mass is 223 g/mol. The Bertz CT molecular complexity index is 382. The quantitative estimate of drug-likeness (QED) is 0.756. The van der Waals surface area contributed by atoms with Gasteiger partial charge in [-0.15, -0.1) is 6.42 Å². The van der Waals surface area contributed by atoms with E-state index in [9.17, 15) is 8.78 Å². The normalized spacial score (nSPS) is 12.1. The zero-order valence-corrected chi connectivity index (χ0v) is 9.26. The highest BCUT2D eigenvalue weighted by Gasteiger charge is 2.07. The van der Waals surface area contributed by atoms with Gasteiger partial charge in [-0.1, -0.05) is 18.9 Å². The van der Waals surface area contributed by atoms with E-state index in [0.29, 0.717) is 12.0 Å². The summed E-state index contributed by atoms with van der Waals surface area (Å²) in [5, 5.41) is 3.15. The Kier molecular flexibility index (Phi) is 4.94. The predicted octanol–water partition coefficient (Wildman–Crippen LogP) is 2.51. The zero-order chi connectivity index (χ0) is 12.0. The molecule has 0 fully saturated rings. The van der Waals surface area contributed by atoms with Gasteiger partial charge in [0.15, 0.2) is 11.6 Å². The molecule has 0 bridgehead atoms. The average Bonchev–Trinajstić information content (AvgIpc) is 2.29. The molecule has 0 spiro atoms. The Morgan fingerprint density at radius 2 is 2.12 bits per heavy atom. The molecule has 1 rings (SSSR count). The highest BCUT2D eigenvalue weighted by atomic mass is 19.2. The van der Waals surface area contributed by atoms with E-state index in [4.69, 9.17) is 6.42 Å². The van der Waals surface area contributed by atoms with E-state index in [2.05, 4.69) is 11.2 Å². The standard InChI is InChI=1S/C13H15F2N/c1-3-7-16-11(4-2)8-10-5-6-12(14)13(15)9-10/h2,5-6,9,11,16H,3,7-8H2,1H3. The van der Waals surface area contributed by atoms with Crippen LogP contribution in [0.25, 0.3) is 0 Å². The number of halogens is 2. The Balaban J connectivity index is 2.64. The first-order valence-electron chi connectivity index (χ1n) is 5.30. The summed E-state index contributed by atoms with van der Waals surface area (Å²) < 4.78 is 25.6. The van der Waals surface area contributed by atoms with Crippen LogP contribution in [0.15, 0.2) is 18.2 Å². The molecule has 1 aromatic carbocycles. The van der Waals surface area contributed by atoms with Gasteiger partial charge in [0.2, 0.25) is 0 Å². The van der Waals surface area contributed by atoms with E-state index in [-0.39, 0.29) is 6.04 Å². The summed E-state index contributed by atoms with van der Waals surface area (Å²) in [4.78, 5) is 0. The van der Waals surface area contributed by atoms with E-state index < -0.39 is 11.6 Å². The number of rotatable bonds is 5. The molecule has 0 aromatic heterocycles. The lowest BCUT2D eigenvalue weighted by atomic mass is 10.1. The minimum Gasteiger partial charge on any atom is -0.303 e. The number of hydrogen-bond donors (Lipinski definition) is 1. The minimum absolute atomic E-state index is 0.134. The maximum atomic E-state index is 12.9. The van der Waals surface area contributed by atoms with Crippen LogP contribution in [0, 0.1) is 24.0 Å². The van der Waals surface area contributed by atoms with Crippen molar-refractivity contribution in [3.8, 4) is 12.3 Å². The maximum Gasteiger partial charge on any atom is 0.159 e. The molecule has 1 aromatic rings. The summed E-state index contributed by atoms with van der Waals surface area (Å²) in [5.74, 6) is 0.931. The Morgan fingerprint density at radius 3 is 2.69 bits per heavy atom. The Hall–Kier alpha value is -1.40. The smallest absolute Gasteiger partial charge is 0.159 e. The van der Waals surface area contributed by atoms with Crippen molar-refractivity contribution in [1.29, 1.82) is 0 Å². The van der Waals surface area contributed by atoms with Gasteiger partial charge in [0.1, 0.15) is 0 Å². The van der Waals surface area contributed by atoms with E-state index in [1.807, 2.05) is 6.92 Å². The van der Waals surface area contributed by atoms with Gasteiger partial charge in [-0.2, -0.15) is 0 Å². The van der Waals surface area contributed by atoms with Gasteiger partial charge < -0.3 is 5.32 Å². The fourth-order valence-corrected chi connectivity index (χ4v) is 1.41. The molecule has 86 valence electrons. The lowest BCUT2D eigenvalue weighted by Gasteiger charge is -2.12. The van der Waals surface area contributed by atoms with Crippen molar-refractivity contribution in [3.05, 3.63) is 35.4 Å². The molecule has 1 N–H and O–H groups in total. The van der Waals surface area contributed by atoms with Crippen LogP contribution in [0.5, 0.6) is 0 Å². The second kappa shape index (κ2) is 6.24. The van der Waals surface area contributed by atoms with E-state index in [1.54, 1.807) is 6.07 Å². The second-order valence-electron chi connectivity index (χ2n) is 3.63. The molecule has 0 heterocycles.